The van der Waals surface area contributed by atoms with E-state index >= 15 is 0 Å². The van der Waals surface area contributed by atoms with Crippen molar-refractivity contribution in [3.05, 3.63) is 0 Å². The summed E-state index contributed by atoms with van der Waals surface area (Å²) in [7, 11) is -3.24. The molecule has 4 nitrogen and oxygen atoms in total. The summed E-state index contributed by atoms with van der Waals surface area (Å²) in [5, 5.41) is 8.01. The summed E-state index contributed by atoms with van der Waals surface area (Å²) in [6.45, 7) is 3.97. The minimum atomic E-state index is -3.24. The van der Waals surface area contributed by atoms with Crippen LogP contribution in [-0.4, -0.2) is 27.3 Å². The van der Waals surface area contributed by atoms with E-state index in [-0.39, 0.29) is 5.75 Å². The van der Waals surface area contributed by atoms with E-state index < -0.39 is 10.0 Å². The van der Waals surface area contributed by atoms with Crippen LogP contribution in [-0.2, 0) is 10.0 Å². The first-order valence-corrected chi connectivity index (χ1v) is 5.99. The van der Waals surface area contributed by atoms with Gasteiger partial charge in [0.25, 0.3) is 0 Å². The van der Waals surface area contributed by atoms with Gasteiger partial charge in [-0.3, -0.25) is 0 Å². The Balaban J connectivity index is 3.12. The third-order valence-corrected chi connectivity index (χ3v) is 2.32. The van der Waals surface area contributed by atoms with Crippen LogP contribution in [0, 0.1) is 0 Å². The smallest absolute Gasteiger partial charge is 0.209 e. The highest BCUT2D eigenvalue weighted by Crippen LogP contribution is 1.90. The molecule has 5 heteroatoms. The number of nitrogens with one attached hydrogen (secondary N) is 1. The van der Waals surface area contributed by atoms with E-state index in [1.165, 1.54) is 0 Å². The first-order chi connectivity index (χ1) is 5.56. The maximum Gasteiger partial charge on any atom is 0.209 e. The molecule has 74 valence electrons. The van der Waals surface area contributed by atoms with Gasteiger partial charge in [0.2, 0.25) is 10.0 Å². The molecular formula is C7H18N2O2S. The van der Waals surface area contributed by atoms with Crippen molar-refractivity contribution in [2.75, 3.05) is 18.8 Å². The average molecular weight is 194 g/mol. The van der Waals surface area contributed by atoms with E-state index in [2.05, 4.69) is 12.2 Å². The highest BCUT2D eigenvalue weighted by molar-refractivity contribution is 7.89. The normalized spacial score (nSPS) is 11.8. The lowest BCUT2D eigenvalue weighted by atomic mass is 10.3. The number of rotatable bonds is 7. The fourth-order valence-electron chi connectivity index (χ4n) is 0.855. The van der Waals surface area contributed by atoms with E-state index in [1.54, 1.807) is 0 Å². The predicted octanol–water partition coefficient (Wildman–Crippen LogP) is 0.0547. The Hall–Kier alpha value is -0.130. The number of unbranched alkanes of at least 4 members (excludes halogenated alkanes) is 1. The molecule has 0 saturated heterocycles. The number of sulfonamides is 1. The molecule has 0 aromatic heterocycles. The van der Waals surface area contributed by atoms with Crippen molar-refractivity contribution in [3.8, 4) is 0 Å². The summed E-state index contributed by atoms with van der Waals surface area (Å²) >= 11 is 0. The molecule has 0 aromatic rings. The standard InChI is InChI=1S/C7H18N2O2S/c1-2-5-9-6-3-4-7-12(8,10)11/h9H,2-7H2,1H3,(H2,8,10,11). The number of hydrogen-bond donors (Lipinski definition) is 2. The zero-order chi connectivity index (χ0) is 9.45. The maximum absolute atomic E-state index is 10.5. The second kappa shape index (κ2) is 6.39. The van der Waals surface area contributed by atoms with Gasteiger partial charge in [-0.1, -0.05) is 6.92 Å². The molecule has 0 aliphatic rings. The molecular weight excluding hydrogens is 176 g/mol. The minimum Gasteiger partial charge on any atom is -0.317 e. The molecule has 12 heavy (non-hydrogen) atoms. The SMILES string of the molecule is CCCNCCCCS(N)(=O)=O. The van der Waals surface area contributed by atoms with E-state index in [0.29, 0.717) is 6.42 Å². The van der Waals surface area contributed by atoms with Gasteiger partial charge in [-0.25, -0.2) is 13.6 Å². The van der Waals surface area contributed by atoms with Gasteiger partial charge in [0.15, 0.2) is 0 Å². The molecule has 0 fully saturated rings. The third-order valence-electron chi connectivity index (χ3n) is 1.46. The Kier molecular flexibility index (Phi) is 6.32. The maximum atomic E-state index is 10.5. The van der Waals surface area contributed by atoms with Gasteiger partial charge in [0, 0.05) is 0 Å². The molecule has 0 bridgehead atoms. The summed E-state index contributed by atoms with van der Waals surface area (Å²) in [6, 6.07) is 0. The third kappa shape index (κ3) is 9.87. The zero-order valence-corrected chi connectivity index (χ0v) is 8.36. The molecule has 0 amide bonds. The van der Waals surface area contributed by atoms with Crippen molar-refractivity contribution in [1.29, 1.82) is 0 Å². The van der Waals surface area contributed by atoms with Crippen LogP contribution in [0.1, 0.15) is 26.2 Å². The topological polar surface area (TPSA) is 72.2 Å². The van der Waals surface area contributed by atoms with Crippen LogP contribution in [0.3, 0.4) is 0 Å². The van der Waals surface area contributed by atoms with Crippen LogP contribution >= 0.6 is 0 Å². The van der Waals surface area contributed by atoms with E-state index in [1.807, 2.05) is 0 Å². The van der Waals surface area contributed by atoms with Gasteiger partial charge < -0.3 is 5.32 Å². The van der Waals surface area contributed by atoms with Gasteiger partial charge in [0.1, 0.15) is 0 Å². The first kappa shape index (κ1) is 11.9. The Morgan fingerprint density at radius 3 is 2.42 bits per heavy atom. The number of hydrogen-bond acceptors (Lipinski definition) is 3. The lowest BCUT2D eigenvalue weighted by Crippen LogP contribution is -2.19. The van der Waals surface area contributed by atoms with Crippen LogP contribution < -0.4 is 10.5 Å². The van der Waals surface area contributed by atoms with Gasteiger partial charge >= 0.3 is 0 Å². The molecule has 3 N–H and O–H groups in total. The summed E-state index contributed by atoms with van der Waals surface area (Å²) < 4.78 is 21.0. The van der Waals surface area contributed by atoms with Gasteiger partial charge in [0.05, 0.1) is 5.75 Å². The molecule has 0 radical (unpaired) electrons. The van der Waals surface area contributed by atoms with Crippen molar-refractivity contribution in [1.82, 2.24) is 5.32 Å². The van der Waals surface area contributed by atoms with Crippen LogP contribution in [0.25, 0.3) is 0 Å². The lowest BCUT2D eigenvalue weighted by molar-refractivity contribution is 0.587. The van der Waals surface area contributed by atoms with E-state index in [4.69, 9.17) is 5.14 Å². The molecule has 0 rings (SSSR count). The predicted molar refractivity (Wildman–Crippen MR) is 50.4 cm³/mol. The highest BCUT2D eigenvalue weighted by Gasteiger charge is 2.00. The summed E-state index contributed by atoms with van der Waals surface area (Å²) in [5.74, 6) is 0.0980. The molecule has 0 unspecified atom stereocenters. The fourth-order valence-corrected chi connectivity index (χ4v) is 1.46. The van der Waals surface area contributed by atoms with Gasteiger partial charge in [-0.2, -0.15) is 0 Å². The van der Waals surface area contributed by atoms with Crippen LogP contribution in [0.15, 0.2) is 0 Å². The number of nitrogens with two attached hydrogens (primary N) is 1. The minimum absolute atomic E-state index is 0.0980. The van der Waals surface area contributed by atoms with Crippen molar-refractivity contribution >= 4 is 10.0 Å². The first-order valence-electron chi connectivity index (χ1n) is 4.27. The van der Waals surface area contributed by atoms with Gasteiger partial charge in [-0.05, 0) is 32.4 Å². The summed E-state index contributed by atoms with van der Waals surface area (Å²) in [5.41, 5.74) is 0. The number of primary sulfonamides is 1. The quantitative estimate of drug-likeness (QED) is 0.563. The second-order valence-electron chi connectivity index (χ2n) is 2.82. The molecule has 0 saturated carbocycles. The average Bonchev–Trinajstić information content (AvgIpc) is 1.94. The second-order valence-corrected chi connectivity index (χ2v) is 4.56. The Morgan fingerprint density at radius 1 is 1.25 bits per heavy atom. The van der Waals surface area contributed by atoms with Gasteiger partial charge in [-0.15, -0.1) is 0 Å². The Morgan fingerprint density at radius 2 is 1.92 bits per heavy atom. The highest BCUT2D eigenvalue weighted by atomic mass is 32.2. The van der Waals surface area contributed by atoms with Crippen molar-refractivity contribution in [3.63, 3.8) is 0 Å². The Bertz CT molecular complexity index is 190. The molecule has 0 heterocycles. The van der Waals surface area contributed by atoms with Crippen molar-refractivity contribution in [2.24, 2.45) is 5.14 Å². The molecule has 0 aliphatic carbocycles. The summed E-state index contributed by atoms with van der Waals surface area (Å²) in [6.07, 6.45) is 2.63. The zero-order valence-electron chi connectivity index (χ0n) is 7.54. The Labute approximate surface area is 74.6 Å². The van der Waals surface area contributed by atoms with E-state index in [0.717, 1.165) is 25.9 Å². The summed E-state index contributed by atoms with van der Waals surface area (Å²) in [4.78, 5) is 0. The molecule has 0 atom stereocenters. The van der Waals surface area contributed by atoms with Crippen molar-refractivity contribution in [2.45, 2.75) is 26.2 Å². The molecule has 0 aromatic carbocycles. The monoisotopic (exact) mass is 194 g/mol. The van der Waals surface area contributed by atoms with E-state index in [9.17, 15) is 8.42 Å². The lowest BCUT2D eigenvalue weighted by Gasteiger charge is -2.01. The largest absolute Gasteiger partial charge is 0.317 e. The fraction of sp³-hybridized carbons (Fsp3) is 1.00. The van der Waals surface area contributed by atoms with Crippen LogP contribution in [0.5, 0.6) is 0 Å². The molecule has 0 aliphatic heterocycles. The van der Waals surface area contributed by atoms with Crippen molar-refractivity contribution < 1.29 is 8.42 Å². The van der Waals surface area contributed by atoms with Crippen LogP contribution in [0.2, 0.25) is 0 Å². The molecule has 0 spiro atoms. The van der Waals surface area contributed by atoms with Crippen LogP contribution in [0.4, 0.5) is 0 Å².